The number of para-hydroxylation sites is 1. The van der Waals surface area contributed by atoms with Crippen molar-refractivity contribution in [3.05, 3.63) is 59.1 Å². The number of nitrogens with one attached hydrogen (secondary N) is 1. The molecule has 0 saturated heterocycles. The number of hydrogen-bond donors (Lipinski definition) is 2. The van der Waals surface area contributed by atoms with Gasteiger partial charge in [-0.2, -0.15) is 0 Å². The molecule has 2 N–H and O–H groups in total. The van der Waals surface area contributed by atoms with Crippen LogP contribution in [0.15, 0.2) is 48.5 Å². The van der Waals surface area contributed by atoms with Crippen molar-refractivity contribution in [1.82, 2.24) is 0 Å². The van der Waals surface area contributed by atoms with E-state index in [1.54, 1.807) is 6.07 Å². The molecule has 0 saturated carbocycles. The van der Waals surface area contributed by atoms with Crippen LogP contribution in [0.1, 0.15) is 18.5 Å². The molecule has 2 nitrogen and oxygen atoms in total. The molecule has 88 valence electrons. The molecule has 0 bridgehead atoms. The molecule has 3 heteroatoms. The Hall–Kier alpha value is -1.67. The molecule has 0 radical (unpaired) electrons. The average Bonchev–Trinajstić information content (AvgIpc) is 2.32. The van der Waals surface area contributed by atoms with Gasteiger partial charge in [0.05, 0.1) is 6.04 Å². The third-order valence-electron chi connectivity index (χ3n) is 2.63. The monoisotopic (exact) mass is 247 g/mol. The van der Waals surface area contributed by atoms with E-state index in [1.165, 1.54) is 0 Å². The lowest BCUT2D eigenvalue weighted by molar-refractivity contribution is 0.465. The lowest BCUT2D eigenvalue weighted by Crippen LogP contribution is -2.06. The van der Waals surface area contributed by atoms with Gasteiger partial charge in [0, 0.05) is 16.3 Å². The first-order valence-electron chi connectivity index (χ1n) is 5.47. The molecular weight excluding hydrogens is 234 g/mol. The van der Waals surface area contributed by atoms with Crippen molar-refractivity contribution in [2.75, 3.05) is 5.32 Å². The summed E-state index contributed by atoms with van der Waals surface area (Å²) in [7, 11) is 0. The molecule has 0 aliphatic heterocycles. The molecule has 1 unspecified atom stereocenters. The molecule has 17 heavy (non-hydrogen) atoms. The van der Waals surface area contributed by atoms with Crippen LogP contribution in [-0.4, -0.2) is 5.11 Å². The predicted octanol–water partition coefficient (Wildman–Crippen LogP) is 4.22. The van der Waals surface area contributed by atoms with E-state index in [4.69, 9.17) is 11.6 Å². The normalized spacial score (nSPS) is 12.1. The number of hydrogen-bond acceptors (Lipinski definition) is 2. The van der Waals surface area contributed by atoms with Crippen LogP contribution in [0.25, 0.3) is 0 Å². The summed E-state index contributed by atoms with van der Waals surface area (Å²) in [5.74, 6) is 0.307. The fraction of sp³-hybridized carbons (Fsp3) is 0.143. The molecule has 0 amide bonds. The van der Waals surface area contributed by atoms with E-state index in [1.807, 2.05) is 49.4 Å². The fourth-order valence-electron chi connectivity index (χ4n) is 1.73. The van der Waals surface area contributed by atoms with Crippen molar-refractivity contribution in [3.63, 3.8) is 0 Å². The van der Waals surface area contributed by atoms with Crippen molar-refractivity contribution in [2.45, 2.75) is 13.0 Å². The van der Waals surface area contributed by atoms with Crippen molar-refractivity contribution >= 4 is 17.3 Å². The topological polar surface area (TPSA) is 32.3 Å². The molecule has 0 aromatic heterocycles. The maximum atomic E-state index is 9.74. The van der Waals surface area contributed by atoms with Crippen LogP contribution in [0.3, 0.4) is 0 Å². The Kier molecular flexibility index (Phi) is 3.55. The van der Waals surface area contributed by atoms with E-state index in [0.717, 1.165) is 11.3 Å². The lowest BCUT2D eigenvalue weighted by atomic mass is 10.1. The molecular formula is C14H14ClNO. The Morgan fingerprint density at radius 3 is 2.35 bits per heavy atom. The van der Waals surface area contributed by atoms with Crippen LogP contribution >= 0.6 is 11.6 Å². The van der Waals surface area contributed by atoms with Gasteiger partial charge in [0.2, 0.25) is 0 Å². The Morgan fingerprint density at radius 1 is 1.06 bits per heavy atom. The van der Waals surface area contributed by atoms with E-state index in [0.29, 0.717) is 10.8 Å². The second-order valence-corrected chi connectivity index (χ2v) is 4.37. The van der Waals surface area contributed by atoms with Crippen LogP contribution in [0, 0.1) is 0 Å². The molecule has 0 fully saturated rings. The Bertz CT molecular complexity index is 496. The minimum Gasteiger partial charge on any atom is -0.508 e. The van der Waals surface area contributed by atoms with Crippen molar-refractivity contribution < 1.29 is 5.11 Å². The van der Waals surface area contributed by atoms with Gasteiger partial charge in [-0.25, -0.2) is 0 Å². The van der Waals surface area contributed by atoms with E-state index in [2.05, 4.69) is 5.32 Å². The molecule has 2 aromatic rings. The second-order valence-electron chi connectivity index (χ2n) is 3.93. The molecule has 0 heterocycles. The molecule has 2 rings (SSSR count). The fourth-order valence-corrected chi connectivity index (χ4v) is 1.85. The summed E-state index contributed by atoms with van der Waals surface area (Å²) in [5, 5.41) is 13.8. The zero-order chi connectivity index (χ0) is 12.3. The van der Waals surface area contributed by atoms with E-state index in [9.17, 15) is 5.11 Å². The summed E-state index contributed by atoms with van der Waals surface area (Å²) < 4.78 is 0. The van der Waals surface area contributed by atoms with Gasteiger partial charge in [-0.05, 0) is 37.3 Å². The Balaban J connectivity index is 2.14. The number of halogens is 1. The quantitative estimate of drug-likeness (QED) is 0.851. The molecule has 0 aliphatic carbocycles. The number of phenols is 1. The predicted molar refractivity (Wildman–Crippen MR) is 71.6 cm³/mol. The Morgan fingerprint density at radius 2 is 1.71 bits per heavy atom. The molecule has 1 atom stereocenters. The summed E-state index contributed by atoms with van der Waals surface area (Å²) in [5.41, 5.74) is 1.85. The highest BCUT2D eigenvalue weighted by molar-refractivity contribution is 6.30. The summed E-state index contributed by atoms with van der Waals surface area (Å²) in [6.07, 6.45) is 0. The zero-order valence-corrected chi connectivity index (χ0v) is 10.3. The summed E-state index contributed by atoms with van der Waals surface area (Å²) in [6.45, 7) is 2.00. The third-order valence-corrected chi connectivity index (χ3v) is 2.88. The zero-order valence-electron chi connectivity index (χ0n) is 9.52. The van der Waals surface area contributed by atoms with Crippen molar-refractivity contribution in [3.8, 4) is 5.75 Å². The number of benzene rings is 2. The SMILES string of the molecule is CC(Nc1ccc(Cl)cc1)c1ccccc1O. The molecule has 2 aromatic carbocycles. The number of anilines is 1. The van der Waals surface area contributed by atoms with Gasteiger partial charge in [0.15, 0.2) is 0 Å². The van der Waals surface area contributed by atoms with Crippen LogP contribution in [0.2, 0.25) is 5.02 Å². The first-order chi connectivity index (χ1) is 8.16. The lowest BCUT2D eigenvalue weighted by Gasteiger charge is -2.16. The van der Waals surface area contributed by atoms with Crippen LogP contribution in [-0.2, 0) is 0 Å². The largest absolute Gasteiger partial charge is 0.508 e. The standard InChI is InChI=1S/C14H14ClNO/c1-10(13-4-2-3-5-14(13)17)16-12-8-6-11(15)7-9-12/h2-10,16-17H,1H3. The highest BCUT2D eigenvalue weighted by Crippen LogP contribution is 2.26. The van der Waals surface area contributed by atoms with Crippen LogP contribution in [0.5, 0.6) is 5.75 Å². The maximum Gasteiger partial charge on any atom is 0.120 e. The van der Waals surface area contributed by atoms with Gasteiger partial charge < -0.3 is 10.4 Å². The summed E-state index contributed by atoms with van der Waals surface area (Å²) in [6, 6.07) is 14.9. The van der Waals surface area contributed by atoms with Gasteiger partial charge >= 0.3 is 0 Å². The van der Waals surface area contributed by atoms with Gasteiger partial charge in [-0.3, -0.25) is 0 Å². The maximum absolute atomic E-state index is 9.74. The minimum atomic E-state index is 0.0392. The summed E-state index contributed by atoms with van der Waals surface area (Å²) >= 11 is 5.82. The first kappa shape index (κ1) is 11.8. The average molecular weight is 248 g/mol. The third kappa shape index (κ3) is 2.92. The van der Waals surface area contributed by atoms with E-state index in [-0.39, 0.29) is 6.04 Å². The van der Waals surface area contributed by atoms with Crippen LogP contribution < -0.4 is 5.32 Å². The molecule has 0 aliphatic rings. The Labute approximate surface area is 106 Å². The van der Waals surface area contributed by atoms with Crippen molar-refractivity contribution in [1.29, 1.82) is 0 Å². The highest BCUT2D eigenvalue weighted by Gasteiger charge is 2.08. The second kappa shape index (κ2) is 5.11. The van der Waals surface area contributed by atoms with E-state index < -0.39 is 0 Å². The van der Waals surface area contributed by atoms with Gasteiger partial charge in [-0.15, -0.1) is 0 Å². The summed E-state index contributed by atoms with van der Waals surface area (Å²) in [4.78, 5) is 0. The number of aromatic hydroxyl groups is 1. The molecule has 0 spiro atoms. The van der Waals surface area contributed by atoms with Gasteiger partial charge in [0.1, 0.15) is 5.75 Å². The minimum absolute atomic E-state index is 0.0392. The van der Waals surface area contributed by atoms with Gasteiger partial charge in [0.25, 0.3) is 0 Å². The first-order valence-corrected chi connectivity index (χ1v) is 5.84. The number of phenolic OH excluding ortho intramolecular Hbond substituents is 1. The van der Waals surface area contributed by atoms with Gasteiger partial charge in [-0.1, -0.05) is 29.8 Å². The number of rotatable bonds is 3. The smallest absolute Gasteiger partial charge is 0.120 e. The highest BCUT2D eigenvalue weighted by atomic mass is 35.5. The van der Waals surface area contributed by atoms with E-state index >= 15 is 0 Å². The van der Waals surface area contributed by atoms with Crippen molar-refractivity contribution in [2.24, 2.45) is 0 Å². The van der Waals surface area contributed by atoms with Crippen LogP contribution in [0.4, 0.5) is 5.69 Å².